The van der Waals surface area contributed by atoms with Gasteiger partial charge >= 0.3 is 11.9 Å². The summed E-state index contributed by atoms with van der Waals surface area (Å²) in [6, 6.07) is 11.6. The highest BCUT2D eigenvalue weighted by Gasteiger charge is 2.32. The van der Waals surface area contributed by atoms with Crippen LogP contribution in [0.4, 0.5) is 13.2 Å². The quantitative estimate of drug-likeness (QED) is 0.555. The fraction of sp³-hybridized carbons (Fsp3) is 0.190. The van der Waals surface area contributed by atoms with Gasteiger partial charge < -0.3 is 5.32 Å². The molecule has 6 nitrogen and oxygen atoms in total. The predicted molar refractivity (Wildman–Crippen MR) is 110 cm³/mol. The Balaban J connectivity index is 1.79. The first-order chi connectivity index (χ1) is 14.7. The van der Waals surface area contributed by atoms with Crippen molar-refractivity contribution in [2.45, 2.75) is 25.8 Å². The van der Waals surface area contributed by atoms with Gasteiger partial charge in [0.15, 0.2) is 5.82 Å². The van der Waals surface area contributed by atoms with Gasteiger partial charge in [0.2, 0.25) is 5.91 Å². The van der Waals surface area contributed by atoms with Gasteiger partial charge in [-0.1, -0.05) is 35.9 Å². The summed E-state index contributed by atoms with van der Waals surface area (Å²) in [6.45, 7) is 3.00. The molecule has 0 spiro atoms. The summed E-state index contributed by atoms with van der Waals surface area (Å²) in [5, 5.41) is 7.14. The Morgan fingerprint density at radius 1 is 1.16 bits per heavy atom. The molecule has 3 aromatic rings. The average Bonchev–Trinajstić information content (AvgIpc) is 3.02. The first kappa shape index (κ1) is 22.4. The van der Waals surface area contributed by atoms with Crippen LogP contribution < -0.4 is 11.0 Å². The standard InChI is InChI=1S/C21H18ClF3N4O2/c1-2-11-28-19(14-7-9-16(22)10-8-14)27-29(20(28)31)13-18(30)26-12-15-5-3-4-6-17(15)21(23,24)25/h2-10H,1,11-13H2,(H,26,30). The number of nitrogens with one attached hydrogen (secondary N) is 1. The lowest BCUT2D eigenvalue weighted by atomic mass is 10.1. The molecule has 162 valence electrons. The molecule has 31 heavy (non-hydrogen) atoms. The van der Waals surface area contributed by atoms with Crippen LogP contribution in [0.1, 0.15) is 11.1 Å². The van der Waals surface area contributed by atoms with E-state index < -0.39 is 29.9 Å². The summed E-state index contributed by atoms with van der Waals surface area (Å²) in [7, 11) is 0. The van der Waals surface area contributed by atoms with Crippen LogP contribution in [-0.2, 0) is 30.6 Å². The summed E-state index contributed by atoms with van der Waals surface area (Å²) >= 11 is 5.90. The number of alkyl halides is 3. The second kappa shape index (κ2) is 9.22. The van der Waals surface area contributed by atoms with Crippen molar-refractivity contribution in [1.29, 1.82) is 0 Å². The lowest BCUT2D eigenvalue weighted by Crippen LogP contribution is -2.33. The van der Waals surface area contributed by atoms with Gasteiger partial charge in [0, 0.05) is 23.7 Å². The van der Waals surface area contributed by atoms with Gasteiger partial charge in [0.05, 0.1) is 5.56 Å². The number of nitrogens with zero attached hydrogens (tertiary/aromatic N) is 3. The maximum Gasteiger partial charge on any atom is 0.416 e. The second-order valence-electron chi connectivity index (χ2n) is 6.60. The molecule has 0 aliphatic rings. The Morgan fingerprint density at radius 3 is 2.48 bits per heavy atom. The van der Waals surface area contributed by atoms with Gasteiger partial charge in [0.1, 0.15) is 6.54 Å². The maximum absolute atomic E-state index is 13.1. The van der Waals surface area contributed by atoms with Crippen molar-refractivity contribution in [3.63, 3.8) is 0 Å². The molecule has 0 atom stereocenters. The van der Waals surface area contributed by atoms with Crippen molar-refractivity contribution in [3.8, 4) is 11.4 Å². The van der Waals surface area contributed by atoms with Gasteiger partial charge in [-0.2, -0.15) is 13.2 Å². The zero-order valence-electron chi connectivity index (χ0n) is 16.2. The van der Waals surface area contributed by atoms with E-state index >= 15 is 0 Å². The Bertz CT molecular complexity index is 1150. The number of carbonyl (C=O) groups excluding carboxylic acids is 1. The number of benzene rings is 2. The van der Waals surface area contributed by atoms with Crippen LogP contribution in [0.2, 0.25) is 5.02 Å². The van der Waals surface area contributed by atoms with Crippen molar-refractivity contribution in [2.75, 3.05) is 0 Å². The lowest BCUT2D eigenvalue weighted by molar-refractivity contribution is -0.138. The van der Waals surface area contributed by atoms with Crippen molar-refractivity contribution in [1.82, 2.24) is 19.7 Å². The molecule has 0 saturated heterocycles. The van der Waals surface area contributed by atoms with Crippen LogP contribution in [0.25, 0.3) is 11.4 Å². The first-order valence-electron chi connectivity index (χ1n) is 9.17. The topological polar surface area (TPSA) is 68.9 Å². The number of aromatic nitrogens is 3. The van der Waals surface area contributed by atoms with Crippen LogP contribution >= 0.6 is 11.6 Å². The first-order valence-corrected chi connectivity index (χ1v) is 9.54. The average molecular weight is 451 g/mol. The minimum atomic E-state index is -4.53. The highest BCUT2D eigenvalue weighted by molar-refractivity contribution is 6.30. The molecule has 0 bridgehead atoms. The lowest BCUT2D eigenvalue weighted by Gasteiger charge is -2.13. The SMILES string of the molecule is C=CCn1c(-c2ccc(Cl)cc2)nn(CC(=O)NCc2ccccc2C(F)(F)F)c1=O. The van der Waals surface area contributed by atoms with Crippen LogP contribution in [0.5, 0.6) is 0 Å². The Kier molecular flexibility index (Phi) is 6.65. The molecule has 0 saturated carbocycles. The van der Waals surface area contributed by atoms with E-state index in [9.17, 15) is 22.8 Å². The van der Waals surface area contributed by atoms with E-state index in [1.54, 1.807) is 24.3 Å². The number of rotatable bonds is 7. The van der Waals surface area contributed by atoms with E-state index in [2.05, 4.69) is 17.0 Å². The number of hydrogen-bond donors (Lipinski definition) is 1. The molecule has 1 N–H and O–H groups in total. The van der Waals surface area contributed by atoms with Gasteiger partial charge in [-0.25, -0.2) is 9.48 Å². The minimum absolute atomic E-state index is 0.0743. The van der Waals surface area contributed by atoms with Crippen LogP contribution in [0, 0.1) is 0 Å². The Hall–Kier alpha value is -3.33. The predicted octanol–water partition coefficient (Wildman–Crippen LogP) is 3.89. The summed E-state index contributed by atoms with van der Waals surface area (Å²) in [5.41, 5.74) is -0.834. The summed E-state index contributed by atoms with van der Waals surface area (Å²) in [4.78, 5) is 25.0. The molecule has 1 heterocycles. The number of amides is 1. The molecule has 1 aromatic heterocycles. The molecule has 0 aliphatic carbocycles. The number of allylic oxidation sites excluding steroid dienone is 1. The number of hydrogen-bond acceptors (Lipinski definition) is 3. The maximum atomic E-state index is 13.1. The Labute approximate surface area is 180 Å². The number of carbonyl (C=O) groups is 1. The normalized spacial score (nSPS) is 11.4. The molecule has 0 radical (unpaired) electrons. The van der Waals surface area contributed by atoms with Gasteiger partial charge in [-0.15, -0.1) is 11.7 Å². The van der Waals surface area contributed by atoms with Gasteiger partial charge in [-0.05, 0) is 35.9 Å². The van der Waals surface area contributed by atoms with Gasteiger partial charge in [-0.3, -0.25) is 9.36 Å². The zero-order valence-corrected chi connectivity index (χ0v) is 17.0. The Morgan fingerprint density at radius 2 is 1.84 bits per heavy atom. The third-order valence-electron chi connectivity index (χ3n) is 4.43. The van der Waals surface area contributed by atoms with Crippen molar-refractivity contribution >= 4 is 17.5 Å². The molecule has 10 heteroatoms. The van der Waals surface area contributed by atoms with E-state index in [4.69, 9.17) is 11.6 Å². The third kappa shape index (κ3) is 5.24. The van der Waals surface area contributed by atoms with Crippen LogP contribution in [-0.4, -0.2) is 20.3 Å². The highest BCUT2D eigenvalue weighted by atomic mass is 35.5. The fourth-order valence-corrected chi connectivity index (χ4v) is 3.11. The van der Waals surface area contributed by atoms with E-state index in [1.165, 1.54) is 28.8 Å². The number of halogens is 4. The van der Waals surface area contributed by atoms with Crippen molar-refractivity contribution < 1.29 is 18.0 Å². The molecular weight excluding hydrogens is 433 g/mol. The smallest absolute Gasteiger partial charge is 0.350 e. The molecule has 3 rings (SSSR count). The fourth-order valence-electron chi connectivity index (χ4n) is 2.99. The molecule has 0 unspecified atom stereocenters. The van der Waals surface area contributed by atoms with Gasteiger partial charge in [0.25, 0.3) is 0 Å². The van der Waals surface area contributed by atoms with Crippen LogP contribution in [0.3, 0.4) is 0 Å². The summed E-state index contributed by atoms with van der Waals surface area (Å²) < 4.78 is 41.6. The third-order valence-corrected chi connectivity index (χ3v) is 4.68. The van der Waals surface area contributed by atoms with E-state index in [-0.39, 0.29) is 18.7 Å². The van der Waals surface area contributed by atoms with Crippen molar-refractivity contribution in [3.05, 3.63) is 87.8 Å². The molecule has 0 aliphatic heterocycles. The molecule has 0 fully saturated rings. The largest absolute Gasteiger partial charge is 0.416 e. The van der Waals surface area contributed by atoms with Crippen LogP contribution in [0.15, 0.2) is 66.0 Å². The zero-order chi connectivity index (χ0) is 22.6. The molecule has 2 aromatic carbocycles. The summed E-state index contributed by atoms with van der Waals surface area (Å²) in [6.07, 6.45) is -3.02. The van der Waals surface area contributed by atoms with E-state index in [0.717, 1.165) is 10.7 Å². The molecular formula is C21H18ClF3N4O2. The monoisotopic (exact) mass is 450 g/mol. The van der Waals surface area contributed by atoms with Crippen molar-refractivity contribution in [2.24, 2.45) is 0 Å². The highest BCUT2D eigenvalue weighted by Crippen LogP contribution is 2.31. The summed E-state index contributed by atoms with van der Waals surface area (Å²) in [5.74, 6) is -0.332. The minimum Gasteiger partial charge on any atom is -0.350 e. The van der Waals surface area contributed by atoms with E-state index in [0.29, 0.717) is 16.4 Å². The van der Waals surface area contributed by atoms with E-state index in [1.807, 2.05) is 0 Å². The second-order valence-corrected chi connectivity index (χ2v) is 7.04. The molecule has 1 amide bonds.